The van der Waals surface area contributed by atoms with Crippen molar-refractivity contribution in [2.45, 2.75) is 57.0 Å². The molecule has 2 N–H and O–H groups in total. The van der Waals surface area contributed by atoms with Gasteiger partial charge >= 0.3 is 0 Å². The Bertz CT molecular complexity index is 424. The van der Waals surface area contributed by atoms with Gasteiger partial charge in [0.15, 0.2) is 0 Å². The minimum Gasteiger partial charge on any atom is -0.388 e. The van der Waals surface area contributed by atoms with Gasteiger partial charge in [-0.1, -0.05) is 56.5 Å². The summed E-state index contributed by atoms with van der Waals surface area (Å²) >= 11 is 0. The number of carbonyl (C=O) groups is 1. The Labute approximate surface area is 121 Å². The number of hydrogen-bond acceptors (Lipinski definition) is 2. The van der Waals surface area contributed by atoms with Crippen LogP contribution in [0.4, 0.5) is 0 Å². The van der Waals surface area contributed by atoms with Crippen molar-refractivity contribution in [2.75, 3.05) is 6.54 Å². The summed E-state index contributed by atoms with van der Waals surface area (Å²) in [4.78, 5) is 12.3. The molecule has 0 heterocycles. The number of carbonyl (C=O) groups excluding carboxylic acids is 1. The molecule has 0 aliphatic heterocycles. The molecule has 20 heavy (non-hydrogen) atoms. The zero-order chi connectivity index (χ0) is 14.4. The fourth-order valence-corrected chi connectivity index (χ4v) is 3.02. The lowest BCUT2D eigenvalue weighted by molar-refractivity contribution is -0.124. The smallest absolute Gasteiger partial charge is 0.227 e. The first-order valence-electron chi connectivity index (χ1n) is 7.70. The van der Waals surface area contributed by atoms with E-state index in [1.54, 1.807) is 0 Å². The highest BCUT2D eigenvalue weighted by atomic mass is 16.3. The predicted octanol–water partition coefficient (Wildman–Crippen LogP) is 2.99. The van der Waals surface area contributed by atoms with Gasteiger partial charge in [0.25, 0.3) is 0 Å². The van der Waals surface area contributed by atoms with Gasteiger partial charge in [-0.15, -0.1) is 0 Å². The summed E-state index contributed by atoms with van der Waals surface area (Å²) in [6.07, 6.45) is 5.68. The van der Waals surface area contributed by atoms with Crippen LogP contribution in [0.5, 0.6) is 0 Å². The van der Waals surface area contributed by atoms with Crippen LogP contribution in [-0.4, -0.2) is 23.2 Å². The molecule has 1 atom stereocenters. The number of rotatable bonds is 5. The average molecular weight is 275 g/mol. The number of benzene rings is 1. The molecule has 0 saturated heterocycles. The summed E-state index contributed by atoms with van der Waals surface area (Å²) in [5, 5.41) is 13.4. The van der Waals surface area contributed by atoms with Crippen molar-refractivity contribution < 1.29 is 9.90 Å². The van der Waals surface area contributed by atoms with Gasteiger partial charge in [-0.25, -0.2) is 0 Å². The van der Waals surface area contributed by atoms with Crippen LogP contribution < -0.4 is 5.32 Å². The average Bonchev–Trinajstić information content (AvgIpc) is 2.48. The van der Waals surface area contributed by atoms with Gasteiger partial charge in [-0.05, 0) is 24.8 Å². The van der Waals surface area contributed by atoms with Crippen LogP contribution in [0.15, 0.2) is 30.3 Å². The number of amides is 1. The first-order valence-corrected chi connectivity index (χ1v) is 7.70. The molecular weight excluding hydrogens is 250 g/mol. The van der Waals surface area contributed by atoms with Gasteiger partial charge in [-0.2, -0.15) is 0 Å². The van der Waals surface area contributed by atoms with Gasteiger partial charge in [0, 0.05) is 6.54 Å². The van der Waals surface area contributed by atoms with Gasteiger partial charge in [-0.3, -0.25) is 4.79 Å². The summed E-state index contributed by atoms with van der Waals surface area (Å²) < 4.78 is 0. The van der Waals surface area contributed by atoms with E-state index >= 15 is 0 Å². The van der Waals surface area contributed by atoms with Gasteiger partial charge in [0.05, 0.1) is 11.5 Å². The Morgan fingerprint density at radius 2 is 1.90 bits per heavy atom. The van der Waals surface area contributed by atoms with Gasteiger partial charge < -0.3 is 10.4 Å². The Balaban J connectivity index is 1.93. The highest BCUT2D eigenvalue weighted by Gasteiger charge is 2.30. The third-order valence-corrected chi connectivity index (χ3v) is 4.30. The Hall–Kier alpha value is -1.35. The van der Waals surface area contributed by atoms with Crippen LogP contribution in [0.2, 0.25) is 0 Å². The SMILES string of the molecule is CCC(C(=O)NCC1(O)CCCCC1)c1ccccc1. The first-order chi connectivity index (χ1) is 9.64. The fourth-order valence-electron chi connectivity index (χ4n) is 3.02. The second kappa shape index (κ2) is 6.89. The maximum Gasteiger partial charge on any atom is 0.227 e. The van der Waals surface area contributed by atoms with Crippen molar-refractivity contribution in [2.24, 2.45) is 0 Å². The van der Waals surface area contributed by atoms with E-state index in [4.69, 9.17) is 0 Å². The lowest BCUT2D eigenvalue weighted by atomic mass is 9.84. The summed E-state index contributed by atoms with van der Waals surface area (Å²) in [7, 11) is 0. The molecule has 1 aliphatic rings. The van der Waals surface area contributed by atoms with Crippen LogP contribution in [0.25, 0.3) is 0 Å². The molecule has 1 amide bonds. The van der Waals surface area contributed by atoms with Gasteiger partial charge in [0.2, 0.25) is 5.91 Å². The minimum absolute atomic E-state index is 0.0256. The maximum atomic E-state index is 12.3. The molecule has 1 fully saturated rings. The molecule has 3 heteroatoms. The lowest BCUT2D eigenvalue weighted by Gasteiger charge is -2.32. The van der Waals surface area contributed by atoms with E-state index in [1.165, 1.54) is 6.42 Å². The molecule has 1 unspecified atom stereocenters. The van der Waals surface area contributed by atoms with Crippen LogP contribution in [0, 0.1) is 0 Å². The number of nitrogens with one attached hydrogen (secondary N) is 1. The molecule has 3 nitrogen and oxygen atoms in total. The largest absolute Gasteiger partial charge is 0.388 e. The van der Waals surface area contributed by atoms with Crippen molar-refractivity contribution in [1.82, 2.24) is 5.32 Å². The molecule has 1 saturated carbocycles. The predicted molar refractivity (Wildman–Crippen MR) is 80.5 cm³/mol. The van der Waals surface area contributed by atoms with Crippen LogP contribution in [0.3, 0.4) is 0 Å². The molecule has 0 aromatic heterocycles. The van der Waals surface area contributed by atoms with Gasteiger partial charge in [0.1, 0.15) is 0 Å². The van der Waals surface area contributed by atoms with Crippen LogP contribution in [-0.2, 0) is 4.79 Å². The van der Waals surface area contributed by atoms with Crippen molar-refractivity contribution in [3.8, 4) is 0 Å². The second-order valence-electron chi connectivity index (χ2n) is 5.87. The molecule has 0 spiro atoms. The number of aliphatic hydroxyl groups is 1. The summed E-state index contributed by atoms with van der Waals surface area (Å²) in [6, 6.07) is 9.85. The molecule has 0 bridgehead atoms. The molecule has 2 rings (SSSR count). The van der Waals surface area contributed by atoms with Crippen LogP contribution in [0.1, 0.15) is 56.9 Å². The summed E-state index contributed by atoms with van der Waals surface area (Å²) in [5.41, 5.74) is 0.353. The van der Waals surface area contributed by atoms with Crippen LogP contribution >= 0.6 is 0 Å². The Morgan fingerprint density at radius 3 is 2.50 bits per heavy atom. The Morgan fingerprint density at radius 1 is 1.25 bits per heavy atom. The highest BCUT2D eigenvalue weighted by Crippen LogP contribution is 2.27. The maximum absolute atomic E-state index is 12.3. The molecule has 1 aromatic carbocycles. The van der Waals surface area contributed by atoms with E-state index in [0.29, 0.717) is 6.54 Å². The topological polar surface area (TPSA) is 49.3 Å². The lowest BCUT2D eigenvalue weighted by Crippen LogP contribution is -2.45. The second-order valence-corrected chi connectivity index (χ2v) is 5.87. The molecule has 1 aliphatic carbocycles. The Kier molecular flexibility index (Phi) is 5.18. The molecule has 1 aromatic rings. The van der Waals surface area contributed by atoms with E-state index in [1.807, 2.05) is 37.3 Å². The number of hydrogen-bond donors (Lipinski definition) is 2. The quantitative estimate of drug-likeness (QED) is 0.868. The third-order valence-electron chi connectivity index (χ3n) is 4.30. The van der Waals surface area contributed by atoms with E-state index in [9.17, 15) is 9.90 Å². The normalized spacial score (nSPS) is 19.3. The summed E-state index contributed by atoms with van der Waals surface area (Å²) in [5.74, 6) is -0.0962. The molecular formula is C17H25NO2. The zero-order valence-corrected chi connectivity index (χ0v) is 12.3. The standard InChI is InChI=1S/C17H25NO2/c1-2-15(14-9-5-3-6-10-14)16(19)18-13-17(20)11-7-4-8-12-17/h3,5-6,9-10,15,20H,2,4,7-8,11-13H2,1H3,(H,18,19). The van der Waals surface area contributed by atoms with E-state index < -0.39 is 5.60 Å². The van der Waals surface area contributed by atoms with Crippen molar-refractivity contribution in [1.29, 1.82) is 0 Å². The minimum atomic E-state index is -0.692. The van der Waals surface area contributed by atoms with E-state index in [-0.39, 0.29) is 11.8 Å². The summed E-state index contributed by atoms with van der Waals surface area (Å²) in [6.45, 7) is 2.40. The first kappa shape index (κ1) is 15.0. The molecule has 0 radical (unpaired) electrons. The molecule has 110 valence electrons. The monoisotopic (exact) mass is 275 g/mol. The van der Waals surface area contributed by atoms with E-state index in [2.05, 4.69) is 5.32 Å². The fraction of sp³-hybridized carbons (Fsp3) is 0.588. The van der Waals surface area contributed by atoms with Crippen molar-refractivity contribution in [3.63, 3.8) is 0 Å². The van der Waals surface area contributed by atoms with Crippen molar-refractivity contribution in [3.05, 3.63) is 35.9 Å². The zero-order valence-electron chi connectivity index (χ0n) is 12.3. The highest BCUT2D eigenvalue weighted by molar-refractivity contribution is 5.83. The third kappa shape index (κ3) is 3.83. The van der Waals surface area contributed by atoms with Crippen molar-refractivity contribution >= 4 is 5.91 Å². The van der Waals surface area contributed by atoms with E-state index in [0.717, 1.165) is 37.7 Å².